The predicted molar refractivity (Wildman–Crippen MR) is 153 cm³/mol. The first-order valence-electron chi connectivity index (χ1n) is 14.4. The zero-order valence-corrected chi connectivity index (χ0v) is 23.0. The molecular formula is C31H39FN6O. The molecule has 2 N–H and O–H groups in total. The van der Waals surface area contributed by atoms with Crippen LogP contribution in [0.3, 0.4) is 0 Å². The Morgan fingerprint density at radius 2 is 1.77 bits per heavy atom. The number of hydrogen-bond donors (Lipinski definition) is 2. The molecule has 2 fully saturated rings. The summed E-state index contributed by atoms with van der Waals surface area (Å²) in [6.07, 6.45) is 6.76. The highest BCUT2D eigenvalue weighted by Gasteiger charge is 2.42. The highest BCUT2D eigenvalue weighted by molar-refractivity contribution is 6.01. The van der Waals surface area contributed by atoms with Gasteiger partial charge >= 0.3 is 6.03 Å². The number of imidazole rings is 1. The van der Waals surface area contributed by atoms with E-state index >= 15 is 0 Å². The van der Waals surface area contributed by atoms with Crippen molar-refractivity contribution < 1.29 is 9.18 Å². The highest BCUT2D eigenvalue weighted by atomic mass is 19.1. The van der Waals surface area contributed by atoms with Crippen molar-refractivity contribution in [3.63, 3.8) is 0 Å². The van der Waals surface area contributed by atoms with Gasteiger partial charge in [0.25, 0.3) is 0 Å². The quantitative estimate of drug-likeness (QED) is 0.419. The Morgan fingerprint density at radius 1 is 1.05 bits per heavy atom. The van der Waals surface area contributed by atoms with E-state index in [0.717, 1.165) is 49.6 Å². The van der Waals surface area contributed by atoms with Gasteiger partial charge in [0.1, 0.15) is 11.6 Å². The van der Waals surface area contributed by atoms with Crippen molar-refractivity contribution >= 4 is 17.4 Å². The maximum absolute atomic E-state index is 13.6. The molecule has 4 heterocycles. The molecule has 8 heteroatoms. The lowest BCUT2D eigenvalue weighted by molar-refractivity contribution is 0.104. The number of nitrogens with zero attached hydrogens (tertiary/aromatic N) is 4. The predicted octanol–water partition coefficient (Wildman–Crippen LogP) is 5.58. The van der Waals surface area contributed by atoms with E-state index in [0.29, 0.717) is 30.4 Å². The van der Waals surface area contributed by atoms with E-state index in [-0.39, 0.29) is 11.8 Å². The van der Waals surface area contributed by atoms with Crippen molar-refractivity contribution in [2.45, 2.75) is 77.0 Å². The van der Waals surface area contributed by atoms with Crippen LogP contribution in [0.15, 0.2) is 48.5 Å². The van der Waals surface area contributed by atoms with Gasteiger partial charge in [0.15, 0.2) is 0 Å². The number of nitrogens with one attached hydrogen (secondary N) is 2. The number of carbonyl (C=O) groups excluding carboxylic acids is 1. The zero-order valence-electron chi connectivity index (χ0n) is 23.0. The molecule has 2 bridgehead atoms. The Bertz CT molecular complexity index is 1290. The van der Waals surface area contributed by atoms with Crippen LogP contribution in [-0.4, -0.2) is 52.2 Å². The number of amides is 2. The maximum Gasteiger partial charge on any atom is 0.326 e. The Balaban J connectivity index is 1.11. The summed E-state index contributed by atoms with van der Waals surface area (Å²) in [7, 11) is 0. The number of piperidine rings is 1. The second-order valence-corrected chi connectivity index (χ2v) is 11.4. The molecule has 3 aromatic rings. The molecule has 7 nitrogen and oxygen atoms in total. The Kier molecular flexibility index (Phi) is 7.40. The molecule has 1 aromatic heterocycles. The first-order valence-corrected chi connectivity index (χ1v) is 14.4. The van der Waals surface area contributed by atoms with Crippen LogP contribution in [0.2, 0.25) is 0 Å². The van der Waals surface area contributed by atoms with E-state index in [1.165, 1.54) is 49.2 Å². The summed E-state index contributed by atoms with van der Waals surface area (Å²) < 4.78 is 16.2. The van der Waals surface area contributed by atoms with Gasteiger partial charge in [0, 0.05) is 67.8 Å². The lowest BCUT2D eigenvalue weighted by atomic mass is 9.96. The Morgan fingerprint density at radius 3 is 2.49 bits per heavy atom. The summed E-state index contributed by atoms with van der Waals surface area (Å²) in [6, 6.07) is 15.5. The van der Waals surface area contributed by atoms with Gasteiger partial charge in [-0.05, 0) is 82.3 Å². The lowest BCUT2D eigenvalue weighted by Crippen LogP contribution is -2.45. The van der Waals surface area contributed by atoms with E-state index in [2.05, 4.69) is 27.0 Å². The number of carbonyl (C=O) groups is 1. The number of aryl methyl sites for hydroxylation is 2. The largest absolute Gasteiger partial charge is 0.329 e. The molecule has 2 amide bonds. The van der Waals surface area contributed by atoms with Gasteiger partial charge in [-0.2, -0.15) is 0 Å². The van der Waals surface area contributed by atoms with E-state index in [9.17, 15) is 9.18 Å². The Hall–Kier alpha value is -3.23. The monoisotopic (exact) mass is 530 g/mol. The van der Waals surface area contributed by atoms with Crippen LogP contribution in [0, 0.1) is 19.7 Å². The van der Waals surface area contributed by atoms with Gasteiger partial charge in [0.05, 0.1) is 5.69 Å². The molecule has 3 atom stereocenters. The normalized spacial score (nSPS) is 22.5. The zero-order chi connectivity index (χ0) is 26.9. The third-order valence-corrected chi connectivity index (χ3v) is 8.81. The molecule has 6 rings (SSSR count). The fraction of sp³-hybridized carbons (Fsp3) is 0.484. The van der Waals surface area contributed by atoms with Gasteiger partial charge in [-0.3, -0.25) is 9.80 Å². The average molecular weight is 531 g/mol. The first-order chi connectivity index (χ1) is 19.0. The van der Waals surface area contributed by atoms with Crippen LogP contribution in [0.5, 0.6) is 0 Å². The molecule has 1 unspecified atom stereocenters. The van der Waals surface area contributed by atoms with Gasteiger partial charge in [-0.1, -0.05) is 17.7 Å². The van der Waals surface area contributed by atoms with E-state index in [4.69, 9.17) is 4.98 Å². The molecule has 39 heavy (non-hydrogen) atoms. The first kappa shape index (κ1) is 26.0. The average Bonchev–Trinajstić information content (AvgIpc) is 3.39. The fourth-order valence-corrected chi connectivity index (χ4v) is 6.98. The second-order valence-electron chi connectivity index (χ2n) is 11.4. The number of rotatable bonds is 7. The molecule has 0 saturated carbocycles. The minimum atomic E-state index is -0.303. The van der Waals surface area contributed by atoms with Gasteiger partial charge in [0.2, 0.25) is 0 Å². The fourth-order valence-electron chi connectivity index (χ4n) is 6.98. The van der Waals surface area contributed by atoms with Crippen molar-refractivity contribution in [3.8, 4) is 0 Å². The minimum Gasteiger partial charge on any atom is -0.329 e. The summed E-state index contributed by atoms with van der Waals surface area (Å²) in [4.78, 5) is 22.6. The second kappa shape index (κ2) is 11.1. The van der Waals surface area contributed by atoms with E-state index in [1.807, 2.05) is 31.2 Å². The Labute approximate surface area is 230 Å². The lowest BCUT2D eigenvalue weighted by Gasteiger charge is -2.40. The van der Waals surface area contributed by atoms with Crippen LogP contribution in [0.4, 0.5) is 20.6 Å². The number of hydrogen-bond acceptors (Lipinski definition) is 4. The highest BCUT2D eigenvalue weighted by Crippen LogP contribution is 2.42. The van der Waals surface area contributed by atoms with Crippen molar-refractivity contribution in [1.29, 1.82) is 0 Å². The molecule has 0 radical (unpaired) electrons. The number of anilines is 2. The van der Waals surface area contributed by atoms with Crippen LogP contribution in [0.25, 0.3) is 0 Å². The van der Waals surface area contributed by atoms with Crippen LogP contribution in [-0.2, 0) is 13.0 Å². The number of benzene rings is 2. The molecule has 2 aromatic carbocycles. The smallest absolute Gasteiger partial charge is 0.326 e. The SMILES string of the molecule is Cc1ccc(NC(=O)N(CCCN2[C@@H]3CC[C@H]2CC(n2c(C)nc4c2CCNC4)C3)c2ccc(F)cc2)cc1. The number of aromatic nitrogens is 2. The van der Waals surface area contributed by atoms with Crippen molar-refractivity contribution in [2.75, 3.05) is 29.9 Å². The van der Waals surface area contributed by atoms with Gasteiger partial charge in [-0.25, -0.2) is 14.2 Å². The van der Waals surface area contributed by atoms with Crippen molar-refractivity contribution in [2.24, 2.45) is 0 Å². The molecule has 0 aliphatic carbocycles. The maximum atomic E-state index is 13.6. The third kappa shape index (κ3) is 5.45. The van der Waals surface area contributed by atoms with Crippen LogP contribution >= 0.6 is 0 Å². The minimum absolute atomic E-state index is 0.193. The van der Waals surface area contributed by atoms with Crippen LogP contribution in [0.1, 0.15) is 60.9 Å². The molecule has 3 aliphatic heterocycles. The number of urea groups is 1. The van der Waals surface area contributed by atoms with Crippen molar-refractivity contribution in [1.82, 2.24) is 19.8 Å². The molecule has 206 valence electrons. The number of halogens is 1. The molecule has 3 aliphatic rings. The molecular weight excluding hydrogens is 491 g/mol. The van der Waals surface area contributed by atoms with Crippen molar-refractivity contribution in [3.05, 3.63) is 77.1 Å². The standard InChI is InChI=1S/C31H39FN6O/c1-21-4-8-24(9-5-21)35-31(39)37(25-10-6-23(32)7-11-25)17-3-16-36-26-12-13-27(36)19-28(18-26)38-22(2)34-29-20-33-15-14-30(29)38/h4-11,26-28,33H,3,12-20H2,1-2H3,(H,35,39)/t26-,27+,28?. The van der Waals surface area contributed by atoms with Crippen LogP contribution < -0.4 is 15.5 Å². The summed E-state index contributed by atoms with van der Waals surface area (Å²) in [5.74, 6) is 0.860. The third-order valence-electron chi connectivity index (χ3n) is 8.81. The van der Waals surface area contributed by atoms with E-state index < -0.39 is 0 Å². The molecule has 0 spiro atoms. The summed E-state index contributed by atoms with van der Waals surface area (Å²) >= 11 is 0. The number of fused-ring (bicyclic) bond motifs is 3. The van der Waals surface area contributed by atoms with E-state index in [1.54, 1.807) is 17.0 Å². The van der Waals surface area contributed by atoms with Gasteiger partial charge in [-0.15, -0.1) is 0 Å². The van der Waals surface area contributed by atoms with Gasteiger partial charge < -0.3 is 15.2 Å². The summed E-state index contributed by atoms with van der Waals surface area (Å²) in [5.41, 5.74) is 5.28. The summed E-state index contributed by atoms with van der Waals surface area (Å²) in [6.45, 7) is 7.64. The molecule has 2 saturated heterocycles. The summed E-state index contributed by atoms with van der Waals surface area (Å²) in [5, 5.41) is 6.48. The topological polar surface area (TPSA) is 65.4 Å².